The van der Waals surface area contributed by atoms with Crippen LogP contribution in [0, 0.1) is 5.92 Å². The number of carboxylic acids is 1. The van der Waals surface area contributed by atoms with Crippen LogP contribution in [0.4, 0.5) is 5.69 Å². The van der Waals surface area contributed by atoms with Crippen molar-refractivity contribution in [3.05, 3.63) is 24.3 Å². The third kappa shape index (κ3) is 4.46. The monoisotopic (exact) mass is 292 g/mol. The number of carboxylic acid groups (broad SMARTS) is 1. The van der Waals surface area contributed by atoms with E-state index in [1.54, 1.807) is 19.2 Å². The Morgan fingerprint density at radius 3 is 2.71 bits per heavy atom. The maximum Gasteiger partial charge on any atom is 0.279 e. The van der Waals surface area contributed by atoms with Crippen molar-refractivity contribution >= 4 is 17.6 Å². The number of hydrogen-bond donors (Lipinski definition) is 2. The van der Waals surface area contributed by atoms with E-state index in [9.17, 15) is 14.7 Å². The minimum Gasteiger partial charge on any atom is -0.550 e. The molecule has 2 N–H and O–H groups in total. The highest BCUT2D eigenvalue weighted by Gasteiger charge is 2.24. The molecule has 0 atom stereocenters. The van der Waals surface area contributed by atoms with Crippen molar-refractivity contribution in [1.82, 2.24) is 0 Å². The largest absolute Gasteiger partial charge is 0.550 e. The third-order valence-corrected chi connectivity index (χ3v) is 3.79. The summed E-state index contributed by atoms with van der Waals surface area (Å²) in [6.45, 7) is 1.71. The topological polar surface area (TPSA) is 82.9 Å². The van der Waals surface area contributed by atoms with E-state index in [4.69, 9.17) is 4.74 Å². The van der Waals surface area contributed by atoms with E-state index in [-0.39, 0.29) is 11.8 Å². The van der Waals surface area contributed by atoms with E-state index in [0.717, 1.165) is 4.90 Å². The normalized spacial score (nSPS) is 21.6. The molecule has 1 aliphatic heterocycles. The van der Waals surface area contributed by atoms with E-state index < -0.39 is 5.97 Å². The van der Waals surface area contributed by atoms with Gasteiger partial charge in [0.05, 0.1) is 20.2 Å². The molecule has 1 fully saturated rings. The number of methoxy groups -OCH3 is 1. The third-order valence-electron chi connectivity index (χ3n) is 3.79. The molecule has 0 aromatic heterocycles. The van der Waals surface area contributed by atoms with E-state index >= 15 is 0 Å². The minimum absolute atomic E-state index is 0.0786. The number of piperidine rings is 1. The number of hydrogen-bond acceptors (Lipinski definition) is 4. The second kappa shape index (κ2) is 7.08. The van der Waals surface area contributed by atoms with Crippen LogP contribution in [0.25, 0.3) is 0 Å². The number of rotatable bonds is 5. The summed E-state index contributed by atoms with van der Waals surface area (Å²) in [7, 11) is 1.58. The minimum atomic E-state index is -0.977. The Bertz CT molecular complexity index is 510. The fourth-order valence-corrected chi connectivity index (χ4v) is 2.57. The van der Waals surface area contributed by atoms with E-state index in [2.05, 4.69) is 5.32 Å². The maximum atomic E-state index is 12.0. The lowest BCUT2D eigenvalue weighted by Crippen LogP contribution is -3.14. The average molecular weight is 292 g/mol. The van der Waals surface area contributed by atoms with Crippen molar-refractivity contribution < 1.29 is 24.3 Å². The number of amides is 1. The quantitative estimate of drug-likeness (QED) is 0.705. The summed E-state index contributed by atoms with van der Waals surface area (Å²) in [5, 5.41) is 13.6. The van der Waals surface area contributed by atoms with Gasteiger partial charge in [0.15, 0.2) is 6.54 Å². The van der Waals surface area contributed by atoms with Crippen molar-refractivity contribution in [1.29, 1.82) is 0 Å². The van der Waals surface area contributed by atoms with Crippen molar-refractivity contribution in [2.24, 2.45) is 5.92 Å². The molecular formula is C15H20N2O4. The van der Waals surface area contributed by atoms with Crippen molar-refractivity contribution in [3.63, 3.8) is 0 Å². The highest BCUT2D eigenvalue weighted by molar-refractivity contribution is 5.91. The highest BCUT2D eigenvalue weighted by atomic mass is 16.5. The molecule has 1 amide bonds. The Morgan fingerprint density at radius 1 is 1.38 bits per heavy atom. The zero-order valence-electron chi connectivity index (χ0n) is 12.1. The molecule has 6 heteroatoms. The predicted molar refractivity (Wildman–Crippen MR) is 74.9 cm³/mol. The van der Waals surface area contributed by atoms with Crippen molar-refractivity contribution in [2.45, 2.75) is 12.8 Å². The van der Waals surface area contributed by atoms with Gasteiger partial charge in [0.25, 0.3) is 5.91 Å². The van der Waals surface area contributed by atoms with Gasteiger partial charge in [-0.3, -0.25) is 4.79 Å². The van der Waals surface area contributed by atoms with Crippen LogP contribution in [-0.4, -0.2) is 38.6 Å². The first-order chi connectivity index (χ1) is 10.1. The van der Waals surface area contributed by atoms with Crippen LogP contribution < -0.4 is 20.1 Å². The molecule has 0 spiro atoms. The second-order valence-electron chi connectivity index (χ2n) is 5.30. The smallest absolute Gasteiger partial charge is 0.279 e. The Morgan fingerprint density at radius 2 is 2.10 bits per heavy atom. The van der Waals surface area contributed by atoms with Gasteiger partial charge in [0.2, 0.25) is 0 Å². The molecule has 6 nitrogen and oxygen atoms in total. The molecule has 2 rings (SSSR count). The van der Waals surface area contributed by atoms with Crippen LogP contribution in [0.1, 0.15) is 12.8 Å². The fraction of sp³-hybridized carbons (Fsp3) is 0.467. The summed E-state index contributed by atoms with van der Waals surface area (Å²) in [4.78, 5) is 23.9. The lowest BCUT2D eigenvalue weighted by atomic mass is 9.97. The standard InChI is InChI=1S/C15H20N2O4/c1-21-13-4-2-3-12(9-13)16-14(18)10-17-7-5-11(6-8-17)15(19)20/h2-4,9,11H,5-8,10H2,1H3,(H,16,18)(H,19,20). The molecule has 1 saturated heterocycles. The second-order valence-corrected chi connectivity index (χ2v) is 5.30. The number of quaternary nitrogens is 1. The number of carbonyl (C=O) groups excluding carboxylic acids is 2. The molecule has 21 heavy (non-hydrogen) atoms. The van der Waals surface area contributed by atoms with E-state index in [1.165, 1.54) is 0 Å². The number of carbonyl (C=O) groups is 2. The van der Waals surface area contributed by atoms with Crippen molar-refractivity contribution in [2.75, 3.05) is 32.1 Å². The molecule has 1 heterocycles. The van der Waals surface area contributed by atoms with E-state index in [1.807, 2.05) is 12.1 Å². The van der Waals surface area contributed by atoms with E-state index in [0.29, 0.717) is 43.9 Å². The molecule has 114 valence electrons. The summed E-state index contributed by atoms with van der Waals surface area (Å²) in [5.74, 6) is -0.731. The maximum absolute atomic E-state index is 12.0. The number of aliphatic carboxylic acids is 1. The van der Waals surface area contributed by atoms with Gasteiger partial charge in [-0.2, -0.15) is 0 Å². The summed E-state index contributed by atoms with van der Waals surface area (Å²) in [6.07, 6.45) is 1.15. The van der Waals surface area contributed by atoms with Gasteiger partial charge in [-0.1, -0.05) is 6.07 Å². The van der Waals surface area contributed by atoms with Crippen LogP contribution in [0.2, 0.25) is 0 Å². The zero-order chi connectivity index (χ0) is 15.2. The lowest BCUT2D eigenvalue weighted by molar-refractivity contribution is -0.897. The zero-order valence-corrected chi connectivity index (χ0v) is 12.1. The van der Waals surface area contributed by atoms with Crippen LogP contribution in [-0.2, 0) is 9.59 Å². The van der Waals surface area contributed by atoms with Gasteiger partial charge in [0.1, 0.15) is 5.75 Å². The molecule has 1 aromatic rings. The number of ether oxygens (including phenoxy) is 1. The van der Waals surface area contributed by atoms with Crippen molar-refractivity contribution in [3.8, 4) is 5.75 Å². The van der Waals surface area contributed by atoms with Gasteiger partial charge in [-0.15, -0.1) is 0 Å². The summed E-state index contributed by atoms with van der Waals surface area (Å²) < 4.78 is 5.10. The predicted octanol–water partition coefficient (Wildman–Crippen LogP) is -1.32. The lowest BCUT2D eigenvalue weighted by Gasteiger charge is -2.29. The number of benzene rings is 1. The first kappa shape index (κ1) is 15.3. The molecule has 0 unspecified atom stereocenters. The molecule has 0 bridgehead atoms. The van der Waals surface area contributed by atoms with Crippen LogP contribution in [0.3, 0.4) is 0 Å². The summed E-state index contributed by atoms with van der Waals surface area (Å²) in [6, 6.07) is 7.19. The summed E-state index contributed by atoms with van der Waals surface area (Å²) >= 11 is 0. The Kier molecular flexibility index (Phi) is 5.16. The van der Waals surface area contributed by atoms with Crippen LogP contribution in [0.5, 0.6) is 5.75 Å². The molecule has 0 aliphatic carbocycles. The van der Waals surface area contributed by atoms with Gasteiger partial charge in [-0.05, 0) is 12.1 Å². The van der Waals surface area contributed by atoms with Gasteiger partial charge >= 0.3 is 0 Å². The Balaban J connectivity index is 1.81. The van der Waals surface area contributed by atoms with Gasteiger partial charge < -0.3 is 24.9 Å². The first-order valence-corrected chi connectivity index (χ1v) is 7.07. The molecule has 1 aliphatic rings. The average Bonchev–Trinajstić information content (AvgIpc) is 2.47. The Labute approximate surface area is 123 Å². The van der Waals surface area contributed by atoms with Crippen LogP contribution >= 0.6 is 0 Å². The fourth-order valence-electron chi connectivity index (χ4n) is 2.57. The molecule has 0 saturated carbocycles. The number of nitrogens with one attached hydrogen (secondary N) is 2. The van der Waals surface area contributed by atoms with Crippen LogP contribution in [0.15, 0.2) is 24.3 Å². The van der Waals surface area contributed by atoms with Gasteiger partial charge in [-0.25, -0.2) is 0 Å². The molecule has 1 aromatic carbocycles. The number of likely N-dealkylation sites (tertiary alicyclic amines) is 1. The first-order valence-electron chi connectivity index (χ1n) is 7.07. The molecular weight excluding hydrogens is 272 g/mol. The summed E-state index contributed by atoms with van der Waals surface area (Å²) in [5.41, 5.74) is 0.698. The number of anilines is 1. The SMILES string of the molecule is COc1cccc(NC(=O)C[NH+]2CCC(C(=O)[O-])CC2)c1. The Hall–Kier alpha value is -2.08. The highest BCUT2D eigenvalue weighted by Crippen LogP contribution is 2.16. The van der Waals surface area contributed by atoms with Gasteiger partial charge in [0, 0.05) is 36.5 Å². The molecule has 0 radical (unpaired) electrons.